The number of esters is 1. The Kier molecular flexibility index (Phi) is 13.3. The van der Waals surface area contributed by atoms with E-state index >= 15 is 0 Å². The number of hydrogen-bond donors (Lipinski definition) is 3. The highest BCUT2D eigenvalue weighted by atomic mass is 16.6. The van der Waals surface area contributed by atoms with Gasteiger partial charge in [-0.25, -0.2) is 9.59 Å². The van der Waals surface area contributed by atoms with E-state index < -0.39 is 65.9 Å². The Morgan fingerprint density at radius 2 is 1.53 bits per heavy atom. The van der Waals surface area contributed by atoms with Gasteiger partial charge < -0.3 is 30.1 Å². The lowest BCUT2D eigenvalue weighted by atomic mass is 9.97. The number of aliphatic hydroxyl groups is 1. The van der Waals surface area contributed by atoms with E-state index in [9.17, 15) is 24.3 Å². The quantitative estimate of drug-likeness (QED) is 0.269. The number of alkyl carbamates (subject to hydrolysis) is 1. The molecule has 0 bridgehead atoms. The van der Waals surface area contributed by atoms with Crippen LogP contribution in [0.1, 0.15) is 84.5 Å². The van der Waals surface area contributed by atoms with Crippen LogP contribution in [-0.2, 0) is 30.3 Å². The summed E-state index contributed by atoms with van der Waals surface area (Å²) in [4.78, 5) is 55.9. The molecule has 0 radical (unpaired) electrons. The van der Waals surface area contributed by atoms with Crippen LogP contribution in [0.3, 0.4) is 0 Å². The third-order valence-corrected chi connectivity index (χ3v) is 6.77. The summed E-state index contributed by atoms with van der Waals surface area (Å²) in [7, 11) is 0. The van der Waals surface area contributed by atoms with Gasteiger partial charge in [-0.15, -0.1) is 0 Å². The van der Waals surface area contributed by atoms with Crippen molar-refractivity contribution in [3.05, 3.63) is 77.9 Å². The highest BCUT2D eigenvalue weighted by Gasteiger charge is 2.40. The minimum absolute atomic E-state index is 0.150. The topological polar surface area (TPSA) is 134 Å². The van der Waals surface area contributed by atoms with Crippen LogP contribution in [-0.4, -0.2) is 69.8 Å². The zero-order valence-corrected chi connectivity index (χ0v) is 27.8. The van der Waals surface area contributed by atoms with Gasteiger partial charge in [-0.05, 0) is 77.6 Å². The van der Waals surface area contributed by atoms with Crippen molar-refractivity contribution in [3.8, 4) is 0 Å². The third-order valence-electron chi connectivity index (χ3n) is 6.77. The summed E-state index contributed by atoms with van der Waals surface area (Å²) < 4.78 is 11.0. The molecule has 4 atom stereocenters. The van der Waals surface area contributed by atoms with Crippen molar-refractivity contribution in [2.45, 2.75) is 104 Å². The minimum Gasteiger partial charge on any atom is -0.458 e. The van der Waals surface area contributed by atoms with Crippen molar-refractivity contribution in [2.24, 2.45) is 0 Å². The number of amides is 3. The molecule has 0 fully saturated rings. The zero-order valence-electron chi connectivity index (χ0n) is 27.8. The van der Waals surface area contributed by atoms with Crippen molar-refractivity contribution in [3.63, 3.8) is 0 Å². The smallest absolute Gasteiger partial charge is 0.408 e. The molecule has 246 valence electrons. The van der Waals surface area contributed by atoms with Gasteiger partial charge >= 0.3 is 12.1 Å². The minimum atomic E-state index is -1.40. The SMILES string of the molecule is C=Cc1cccc(C(C(=O)NC(Cc2ccccc2)C(=O)OC(C)(C)C)N(C(=O)C(CO)NC(=O)OC(C)(C)C)C(C)CC)c1. The van der Waals surface area contributed by atoms with Gasteiger partial charge in [0, 0.05) is 12.5 Å². The maximum absolute atomic E-state index is 14.4. The molecule has 10 heteroatoms. The monoisotopic (exact) mass is 623 g/mol. The summed E-state index contributed by atoms with van der Waals surface area (Å²) in [5, 5.41) is 15.5. The first-order valence-corrected chi connectivity index (χ1v) is 15.2. The van der Waals surface area contributed by atoms with Gasteiger partial charge in [0.25, 0.3) is 0 Å². The van der Waals surface area contributed by atoms with Gasteiger partial charge in [-0.3, -0.25) is 9.59 Å². The van der Waals surface area contributed by atoms with Crippen molar-refractivity contribution in [1.82, 2.24) is 15.5 Å². The number of carbonyl (C=O) groups is 4. The van der Waals surface area contributed by atoms with Crippen LogP contribution in [0, 0.1) is 0 Å². The number of benzene rings is 2. The fourth-order valence-electron chi connectivity index (χ4n) is 4.57. The molecule has 4 unspecified atom stereocenters. The number of nitrogens with one attached hydrogen (secondary N) is 2. The lowest BCUT2D eigenvalue weighted by Gasteiger charge is -2.38. The number of ether oxygens (including phenoxy) is 2. The van der Waals surface area contributed by atoms with E-state index in [-0.39, 0.29) is 6.42 Å². The first kappa shape index (κ1) is 37.0. The summed E-state index contributed by atoms with van der Waals surface area (Å²) >= 11 is 0. The van der Waals surface area contributed by atoms with Gasteiger partial charge in [0.1, 0.15) is 29.3 Å². The maximum atomic E-state index is 14.4. The van der Waals surface area contributed by atoms with Gasteiger partial charge in [-0.2, -0.15) is 0 Å². The number of rotatable bonds is 13. The molecule has 0 saturated carbocycles. The van der Waals surface area contributed by atoms with Crippen LogP contribution in [0.5, 0.6) is 0 Å². The molecular weight excluding hydrogens is 574 g/mol. The molecule has 0 aliphatic carbocycles. The standard InChI is InChI=1S/C35H49N3O7/c1-10-23(3)38(31(41)28(22-39)37-33(43)45-35(7,8)9)29(26-19-15-18-24(11-2)20-26)30(40)36-27(32(42)44-34(4,5)6)21-25-16-13-12-14-17-25/h11-20,23,27-29,39H,2,10,21-22H2,1,3-9H3,(H,36,40)(H,37,43). The molecule has 0 saturated heterocycles. The molecule has 45 heavy (non-hydrogen) atoms. The van der Waals surface area contributed by atoms with Crippen LogP contribution in [0.15, 0.2) is 61.2 Å². The van der Waals surface area contributed by atoms with Gasteiger partial charge in [0.05, 0.1) is 6.61 Å². The van der Waals surface area contributed by atoms with Crippen molar-refractivity contribution < 1.29 is 33.8 Å². The molecule has 0 aromatic heterocycles. The van der Waals surface area contributed by atoms with Crippen LogP contribution in [0.25, 0.3) is 6.08 Å². The first-order valence-electron chi connectivity index (χ1n) is 15.2. The second-order valence-electron chi connectivity index (χ2n) is 12.9. The Labute approximate surface area is 267 Å². The predicted molar refractivity (Wildman–Crippen MR) is 174 cm³/mol. The lowest BCUT2D eigenvalue weighted by Crippen LogP contribution is -2.58. The summed E-state index contributed by atoms with van der Waals surface area (Å²) in [5.74, 6) is -1.95. The number of carbonyl (C=O) groups excluding carboxylic acids is 4. The Morgan fingerprint density at radius 3 is 2.07 bits per heavy atom. The van der Waals surface area contributed by atoms with Crippen LogP contribution in [0.4, 0.5) is 4.79 Å². The molecule has 2 aromatic carbocycles. The van der Waals surface area contributed by atoms with E-state index in [0.717, 1.165) is 5.56 Å². The Morgan fingerprint density at radius 1 is 0.911 bits per heavy atom. The normalized spacial score (nSPS) is 14.2. The van der Waals surface area contributed by atoms with Crippen molar-refractivity contribution in [1.29, 1.82) is 0 Å². The summed E-state index contributed by atoms with van der Waals surface area (Å²) in [6.07, 6.45) is 1.33. The molecular formula is C35H49N3O7. The number of hydrogen-bond acceptors (Lipinski definition) is 7. The fourth-order valence-corrected chi connectivity index (χ4v) is 4.57. The molecule has 0 spiro atoms. The number of aliphatic hydroxyl groups excluding tert-OH is 1. The Bertz CT molecular complexity index is 1310. The van der Waals surface area contributed by atoms with E-state index in [1.165, 1.54) is 4.90 Å². The van der Waals surface area contributed by atoms with E-state index in [0.29, 0.717) is 17.5 Å². The number of nitrogens with zero attached hydrogens (tertiary/aromatic N) is 1. The molecule has 0 aliphatic heterocycles. The molecule has 3 amide bonds. The van der Waals surface area contributed by atoms with Crippen LogP contribution < -0.4 is 10.6 Å². The van der Waals surface area contributed by atoms with Gasteiger partial charge in [-0.1, -0.05) is 68.1 Å². The van der Waals surface area contributed by atoms with E-state index in [1.54, 1.807) is 78.8 Å². The molecule has 2 aromatic rings. The highest BCUT2D eigenvalue weighted by molar-refractivity contribution is 5.94. The van der Waals surface area contributed by atoms with Gasteiger partial charge in [0.2, 0.25) is 11.8 Å². The molecule has 3 N–H and O–H groups in total. The molecule has 0 aliphatic rings. The van der Waals surface area contributed by atoms with Crippen molar-refractivity contribution >= 4 is 30.0 Å². The third kappa shape index (κ3) is 11.7. The average molecular weight is 624 g/mol. The van der Waals surface area contributed by atoms with E-state index in [2.05, 4.69) is 17.2 Å². The van der Waals surface area contributed by atoms with E-state index in [4.69, 9.17) is 9.47 Å². The van der Waals surface area contributed by atoms with Gasteiger partial charge in [0.15, 0.2) is 0 Å². The first-order chi connectivity index (χ1) is 21.0. The van der Waals surface area contributed by atoms with Crippen molar-refractivity contribution in [2.75, 3.05) is 6.61 Å². The van der Waals surface area contributed by atoms with E-state index in [1.807, 2.05) is 37.3 Å². The molecule has 2 rings (SSSR count). The largest absolute Gasteiger partial charge is 0.458 e. The highest BCUT2D eigenvalue weighted by Crippen LogP contribution is 2.28. The predicted octanol–water partition coefficient (Wildman–Crippen LogP) is 4.95. The summed E-state index contributed by atoms with van der Waals surface area (Å²) in [5.41, 5.74) is 0.313. The molecule has 0 heterocycles. The van der Waals surface area contributed by atoms with Crippen LogP contribution in [0.2, 0.25) is 0 Å². The summed E-state index contributed by atoms with van der Waals surface area (Å²) in [6, 6.07) is 11.9. The second kappa shape index (κ2) is 16.2. The Hall–Kier alpha value is -4.18. The lowest BCUT2D eigenvalue weighted by molar-refractivity contribution is -0.159. The second-order valence-corrected chi connectivity index (χ2v) is 12.9. The average Bonchev–Trinajstić information content (AvgIpc) is 2.96. The van der Waals surface area contributed by atoms with Crippen LogP contribution >= 0.6 is 0 Å². The Balaban J connectivity index is 2.62. The molecule has 10 nitrogen and oxygen atoms in total. The zero-order chi connectivity index (χ0) is 33.9. The fraction of sp³-hybridized carbons (Fsp3) is 0.486. The summed E-state index contributed by atoms with van der Waals surface area (Å²) in [6.45, 7) is 17.0. The maximum Gasteiger partial charge on any atom is 0.408 e.